The van der Waals surface area contributed by atoms with Gasteiger partial charge in [0.2, 0.25) is 0 Å². The van der Waals surface area contributed by atoms with Crippen molar-refractivity contribution in [1.29, 1.82) is 0 Å². The Morgan fingerprint density at radius 1 is 0.880 bits per heavy atom. The number of ether oxygens (including phenoxy) is 2. The maximum atomic E-state index is 14.0. The molecule has 0 aromatic rings. The van der Waals surface area contributed by atoms with Gasteiger partial charge in [-0.2, -0.15) is 0 Å². The van der Waals surface area contributed by atoms with Crippen LogP contribution in [0.4, 0.5) is 4.79 Å². The third-order valence-corrected chi connectivity index (χ3v) is 16.4. The van der Waals surface area contributed by atoms with Crippen LogP contribution in [0.2, 0.25) is 0 Å². The molecule has 6 rings (SSSR count). The van der Waals surface area contributed by atoms with Crippen molar-refractivity contribution in [2.75, 3.05) is 13.1 Å². The van der Waals surface area contributed by atoms with Gasteiger partial charge in [-0.1, -0.05) is 48.5 Å². The van der Waals surface area contributed by atoms with E-state index in [1.165, 1.54) is 0 Å². The Bertz CT molecular complexity index is 1370. The Balaban J connectivity index is 1.25. The second-order valence-corrected chi connectivity index (χ2v) is 19.9. The second kappa shape index (κ2) is 12.8. The molecule has 0 bridgehead atoms. The third kappa shape index (κ3) is 5.82. The molecule has 3 N–H and O–H groups in total. The predicted molar refractivity (Wildman–Crippen MR) is 191 cm³/mol. The Kier molecular flexibility index (Phi) is 9.59. The van der Waals surface area contributed by atoms with Crippen molar-refractivity contribution in [2.24, 2.45) is 62.6 Å². The summed E-state index contributed by atoms with van der Waals surface area (Å²) in [6, 6.07) is 0. The fourth-order valence-corrected chi connectivity index (χ4v) is 13.6. The van der Waals surface area contributed by atoms with Crippen LogP contribution in [0, 0.1) is 62.6 Å². The van der Waals surface area contributed by atoms with E-state index in [-0.39, 0.29) is 64.1 Å². The highest BCUT2D eigenvalue weighted by molar-refractivity contribution is 5.87. The molecule has 5 aliphatic carbocycles. The van der Waals surface area contributed by atoms with Crippen molar-refractivity contribution in [1.82, 2.24) is 10.6 Å². The summed E-state index contributed by atoms with van der Waals surface area (Å²) in [7, 11) is 0. The number of carboxylic acid groups (broad SMARTS) is 1. The van der Waals surface area contributed by atoms with E-state index in [0.29, 0.717) is 30.0 Å². The number of amides is 1. The van der Waals surface area contributed by atoms with E-state index >= 15 is 0 Å². The van der Waals surface area contributed by atoms with Crippen LogP contribution >= 0.6 is 0 Å². The number of fused-ring (bicyclic) bond motifs is 7. The smallest absolute Gasteiger partial charge is 0.407 e. The average molecular weight is 699 g/mol. The highest BCUT2D eigenvalue weighted by Gasteiger charge is 2.72. The minimum Gasteiger partial charge on any atom is -0.481 e. The van der Waals surface area contributed by atoms with Gasteiger partial charge in [0.1, 0.15) is 18.0 Å². The topological polar surface area (TPSA) is 131 Å². The highest BCUT2D eigenvalue weighted by Crippen LogP contribution is 2.76. The SMILES string of the molecule is CC(C)C1C(=O)C[C@]2(NC(=O)OC3CCNCC3)CC[C@]3(C)C(CCC4C5(C)CC[C@H](OC(=O)CC(C)(C)C(=O)O)C(C)(C)C5CC[C@]43C)C12. The predicted octanol–water partition coefficient (Wildman–Crippen LogP) is 7.55. The van der Waals surface area contributed by atoms with Crippen molar-refractivity contribution < 1.29 is 33.8 Å². The Labute approximate surface area is 300 Å². The van der Waals surface area contributed by atoms with Gasteiger partial charge in [0.25, 0.3) is 0 Å². The van der Waals surface area contributed by atoms with Crippen LogP contribution in [0.1, 0.15) is 139 Å². The van der Waals surface area contributed by atoms with Gasteiger partial charge in [-0.05, 0) is 137 Å². The zero-order valence-electron chi connectivity index (χ0n) is 32.4. The number of esters is 1. The second-order valence-electron chi connectivity index (χ2n) is 19.9. The summed E-state index contributed by atoms with van der Waals surface area (Å²) in [6.07, 6.45) is 9.09. The summed E-state index contributed by atoms with van der Waals surface area (Å²) in [5.74, 6) is 0.333. The molecule has 9 nitrogen and oxygen atoms in total. The van der Waals surface area contributed by atoms with Crippen molar-refractivity contribution in [2.45, 2.75) is 157 Å². The minimum atomic E-state index is -1.16. The van der Waals surface area contributed by atoms with Gasteiger partial charge in [0, 0.05) is 17.8 Å². The van der Waals surface area contributed by atoms with E-state index in [1.807, 2.05) is 0 Å². The highest BCUT2D eigenvalue weighted by atomic mass is 16.6. The Hall–Kier alpha value is -2.16. The molecule has 0 radical (unpaired) electrons. The number of rotatable bonds is 7. The molecule has 0 spiro atoms. The number of carbonyl (C=O) groups excluding carboxylic acids is 3. The summed E-state index contributed by atoms with van der Waals surface area (Å²) in [5, 5.41) is 16.4. The molecular weight excluding hydrogens is 632 g/mol. The van der Waals surface area contributed by atoms with Crippen LogP contribution in [0.3, 0.4) is 0 Å². The van der Waals surface area contributed by atoms with Gasteiger partial charge in [0.05, 0.1) is 17.4 Å². The molecule has 1 amide bonds. The molecule has 6 aliphatic rings. The number of hydrogen-bond donors (Lipinski definition) is 3. The van der Waals surface area contributed by atoms with Gasteiger partial charge in [-0.25, -0.2) is 4.79 Å². The Morgan fingerprint density at radius 3 is 2.20 bits per heavy atom. The molecule has 5 saturated carbocycles. The van der Waals surface area contributed by atoms with Crippen LogP contribution in [0.15, 0.2) is 0 Å². The minimum absolute atomic E-state index is 0.0202. The van der Waals surface area contributed by atoms with Crippen LogP contribution < -0.4 is 10.6 Å². The van der Waals surface area contributed by atoms with Crippen molar-refractivity contribution in [3.63, 3.8) is 0 Å². The summed E-state index contributed by atoms with van der Waals surface area (Å²) < 4.78 is 12.1. The zero-order chi connectivity index (χ0) is 36.7. The lowest BCUT2D eigenvalue weighted by Gasteiger charge is -2.73. The number of hydrogen-bond acceptors (Lipinski definition) is 7. The number of nitrogens with one attached hydrogen (secondary N) is 2. The first-order valence-electron chi connectivity index (χ1n) is 19.9. The van der Waals surface area contributed by atoms with Crippen LogP contribution in [-0.4, -0.2) is 59.8 Å². The number of piperidine rings is 1. The van der Waals surface area contributed by atoms with Crippen molar-refractivity contribution >= 4 is 23.8 Å². The molecular formula is C41H66N2O7. The fraction of sp³-hybridized carbons (Fsp3) is 0.902. The van der Waals surface area contributed by atoms with Crippen LogP contribution in [0.5, 0.6) is 0 Å². The number of Topliss-reactive ketones (excluding diaryl/α,β-unsaturated/α-hetero) is 1. The summed E-state index contributed by atoms with van der Waals surface area (Å²) >= 11 is 0. The number of aliphatic carboxylic acids is 1. The van der Waals surface area contributed by atoms with Crippen molar-refractivity contribution in [3.8, 4) is 0 Å². The lowest BCUT2D eigenvalue weighted by molar-refractivity contribution is -0.247. The molecule has 282 valence electrons. The maximum Gasteiger partial charge on any atom is 0.407 e. The average Bonchev–Trinajstić information content (AvgIpc) is 3.30. The first-order valence-corrected chi connectivity index (χ1v) is 19.9. The van der Waals surface area contributed by atoms with Crippen LogP contribution in [0.25, 0.3) is 0 Å². The molecule has 0 aromatic heterocycles. The first kappa shape index (κ1) is 37.6. The van der Waals surface area contributed by atoms with Gasteiger partial charge in [-0.15, -0.1) is 0 Å². The van der Waals surface area contributed by atoms with Gasteiger partial charge in [0.15, 0.2) is 0 Å². The summed E-state index contributed by atoms with van der Waals surface area (Å²) in [4.78, 5) is 52.3. The molecule has 6 fully saturated rings. The lowest BCUT2D eigenvalue weighted by Crippen LogP contribution is -2.69. The number of carboxylic acids is 1. The van der Waals surface area contributed by atoms with Crippen molar-refractivity contribution in [3.05, 3.63) is 0 Å². The third-order valence-electron chi connectivity index (χ3n) is 16.4. The zero-order valence-corrected chi connectivity index (χ0v) is 32.4. The number of carbonyl (C=O) groups is 4. The largest absolute Gasteiger partial charge is 0.481 e. The van der Waals surface area contributed by atoms with E-state index in [2.05, 4.69) is 59.1 Å². The van der Waals surface area contributed by atoms with E-state index in [4.69, 9.17) is 9.47 Å². The monoisotopic (exact) mass is 698 g/mol. The molecule has 1 aliphatic heterocycles. The van der Waals surface area contributed by atoms with E-state index in [1.54, 1.807) is 13.8 Å². The lowest BCUT2D eigenvalue weighted by atomic mass is 9.32. The fourth-order valence-electron chi connectivity index (χ4n) is 13.6. The quantitative estimate of drug-likeness (QED) is 0.233. The van der Waals surface area contributed by atoms with E-state index < -0.39 is 22.9 Å². The summed E-state index contributed by atoms with van der Waals surface area (Å²) in [5.41, 5.74) is -1.79. The molecule has 9 heteroatoms. The van der Waals surface area contributed by atoms with Crippen LogP contribution in [-0.2, 0) is 23.9 Å². The summed E-state index contributed by atoms with van der Waals surface area (Å²) in [6.45, 7) is 21.4. The Morgan fingerprint density at radius 2 is 1.56 bits per heavy atom. The van der Waals surface area contributed by atoms with Gasteiger partial charge < -0.3 is 25.2 Å². The number of ketones is 1. The van der Waals surface area contributed by atoms with Gasteiger partial charge in [-0.3, -0.25) is 14.4 Å². The number of alkyl carbamates (subject to hydrolysis) is 1. The first-order chi connectivity index (χ1) is 23.2. The molecule has 50 heavy (non-hydrogen) atoms. The van der Waals surface area contributed by atoms with Gasteiger partial charge >= 0.3 is 18.0 Å². The van der Waals surface area contributed by atoms with E-state index in [9.17, 15) is 24.3 Å². The molecule has 6 unspecified atom stereocenters. The maximum absolute atomic E-state index is 14.0. The molecule has 1 saturated heterocycles. The molecule has 1 heterocycles. The molecule has 0 aromatic carbocycles. The van der Waals surface area contributed by atoms with E-state index in [0.717, 1.165) is 77.3 Å². The normalized spacial score (nSPS) is 42.8. The standard InChI is InChI=1S/C41H66N2O7/c1-24(2)32-27(44)22-41(43-35(48)49-25-14-20-42-21-15-25)19-18-39(8)26(33(32)41)10-11-29-38(7)16-13-30(50-31(45)23-36(3,4)34(46)47)37(5,6)28(38)12-17-40(29,39)9/h24-26,28-30,32-33,42H,10-23H2,1-9H3,(H,43,48)(H,46,47)/t26?,28?,29?,30-,32?,33?,38?,39+,40+,41+/m0/s1. The molecule has 10 atom stereocenters.